The predicted molar refractivity (Wildman–Crippen MR) is 60.2 cm³/mol. The van der Waals surface area contributed by atoms with Gasteiger partial charge in [-0.25, -0.2) is 18.6 Å². The lowest BCUT2D eigenvalue weighted by atomic mass is 10.1. The average molecular weight is 253 g/mol. The minimum atomic E-state index is -2.64. The molecule has 4 nitrogen and oxygen atoms in total. The first-order chi connectivity index (χ1) is 8.58. The van der Waals surface area contributed by atoms with Gasteiger partial charge in [-0.05, 0) is 17.5 Å². The average Bonchev–Trinajstić information content (AvgIpc) is 2.35. The van der Waals surface area contributed by atoms with Crippen LogP contribution in [-0.2, 0) is 0 Å². The fourth-order valence-electron chi connectivity index (χ4n) is 1.53. The summed E-state index contributed by atoms with van der Waals surface area (Å²) >= 11 is 0. The van der Waals surface area contributed by atoms with Crippen LogP contribution in [-0.4, -0.2) is 29.1 Å². The molecule has 1 aromatic carbocycles. The zero-order valence-electron chi connectivity index (χ0n) is 9.14. The van der Waals surface area contributed by atoms with E-state index in [1.54, 1.807) is 24.3 Å². The van der Waals surface area contributed by atoms with E-state index in [1.807, 2.05) is 0 Å². The number of aromatic nitrogens is 1. The highest BCUT2D eigenvalue weighted by atomic mass is 19.3. The molecule has 94 valence electrons. The summed E-state index contributed by atoms with van der Waals surface area (Å²) in [5, 5.41) is 9.96. The molecule has 0 aliphatic heterocycles. The van der Waals surface area contributed by atoms with Gasteiger partial charge in [-0.1, -0.05) is 18.2 Å². The van der Waals surface area contributed by atoms with E-state index < -0.39 is 19.0 Å². The molecule has 0 amide bonds. The molecule has 0 atom stereocenters. The van der Waals surface area contributed by atoms with Gasteiger partial charge in [-0.15, -0.1) is 0 Å². The topological polar surface area (TPSA) is 59.4 Å². The molecule has 0 radical (unpaired) electrons. The number of carboxylic acid groups (broad SMARTS) is 1. The molecule has 1 heterocycles. The Balaban J connectivity index is 2.50. The lowest BCUT2D eigenvalue weighted by Gasteiger charge is -2.08. The van der Waals surface area contributed by atoms with Crippen molar-refractivity contribution < 1.29 is 23.4 Å². The van der Waals surface area contributed by atoms with Crippen LogP contribution in [0.5, 0.6) is 5.88 Å². The van der Waals surface area contributed by atoms with Gasteiger partial charge in [-0.2, -0.15) is 0 Å². The van der Waals surface area contributed by atoms with E-state index in [9.17, 15) is 13.6 Å². The molecule has 1 aromatic heterocycles. The number of carboxylic acids is 1. The maximum absolute atomic E-state index is 12.1. The molecule has 0 aliphatic carbocycles. The normalized spacial score (nSPS) is 10.8. The van der Waals surface area contributed by atoms with Crippen molar-refractivity contribution in [3.63, 3.8) is 0 Å². The summed E-state index contributed by atoms with van der Waals surface area (Å²) in [6.45, 7) is -0.819. The van der Waals surface area contributed by atoms with Crippen molar-refractivity contribution in [2.24, 2.45) is 0 Å². The lowest BCUT2D eigenvalue weighted by molar-refractivity contribution is 0.0685. The fraction of sp³-hybridized carbons (Fsp3) is 0.167. The van der Waals surface area contributed by atoms with Crippen LogP contribution in [0, 0.1) is 0 Å². The van der Waals surface area contributed by atoms with E-state index >= 15 is 0 Å². The third-order valence-corrected chi connectivity index (χ3v) is 2.27. The number of benzene rings is 1. The molecule has 0 aliphatic rings. The van der Waals surface area contributed by atoms with Crippen LogP contribution >= 0.6 is 0 Å². The molecule has 0 unspecified atom stereocenters. The van der Waals surface area contributed by atoms with E-state index in [0.717, 1.165) is 0 Å². The minimum absolute atomic E-state index is 0.0919. The zero-order valence-corrected chi connectivity index (χ0v) is 9.14. The lowest BCUT2D eigenvalue weighted by Crippen LogP contribution is -2.10. The highest BCUT2D eigenvalue weighted by Crippen LogP contribution is 2.24. The van der Waals surface area contributed by atoms with Crippen molar-refractivity contribution >= 4 is 16.7 Å². The van der Waals surface area contributed by atoms with Gasteiger partial charge < -0.3 is 9.84 Å². The van der Waals surface area contributed by atoms with Crippen LogP contribution in [0.2, 0.25) is 0 Å². The molecule has 2 rings (SSSR count). The molecule has 6 heteroatoms. The van der Waals surface area contributed by atoms with Crippen molar-refractivity contribution in [1.29, 1.82) is 0 Å². The van der Waals surface area contributed by atoms with Crippen molar-refractivity contribution in [3.05, 3.63) is 36.0 Å². The number of pyridine rings is 1. The first-order valence-electron chi connectivity index (χ1n) is 5.12. The number of rotatable bonds is 4. The monoisotopic (exact) mass is 253 g/mol. The van der Waals surface area contributed by atoms with Crippen molar-refractivity contribution in [2.75, 3.05) is 6.61 Å². The van der Waals surface area contributed by atoms with E-state index in [1.165, 1.54) is 6.07 Å². The largest absolute Gasteiger partial charge is 0.477 e. The second-order valence-corrected chi connectivity index (χ2v) is 3.54. The van der Waals surface area contributed by atoms with Crippen LogP contribution in [0.1, 0.15) is 10.5 Å². The predicted octanol–water partition coefficient (Wildman–Crippen LogP) is 2.58. The highest BCUT2D eigenvalue weighted by Gasteiger charge is 2.13. The molecule has 18 heavy (non-hydrogen) atoms. The van der Waals surface area contributed by atoms with Gasteiger partial charge in [-0.3, -0.25) is 0 Å². The summed E-state index contributed by atoms with van der Waals surface area (Å²) in [6, 6.07) is 8.07. The third-order valence-electron chi connectivity index (χ3n) is 2.27. The van der Waals surface area contributed by atoms with Gasteiger partial charge in [0, 0.05) is 5.39 Å². The SMILES string of the molecule is O=C(O)c1cc2ccccc2c(OCC(F)F)n1. The molecular formula is C12H9F2NO3. The Morgan fingerprint density at radius 1 is 1.39 bits per heavy atom. The van der Waals surface area contributed by atoms with Crippen LogP contribution in [0.4, 0.5) is 8.78 Å². The summed E-state index contributed by atoms with van der Waals surface area (Å²) < 4.78 is 29.1. The van der Waals surface area contributed by atoms with E-state index in [4.69, 9.17) is 9.84 Å². The first-order valence-corrected chi connectivity index (χ1v) is 5.12. The quantitative estimate of drug-likeness (QED) is 0.909. The number of halogens is 2. The molecule has 0 fully saturated rings. The summed E-state index contributed by atoms with van der Waals surface area (Å²) in [7, 11) is 0. The molecule has 0 spiro atoms. The number of ether oxygens (including phenoxy) is 1. The number of fused-ring (bicyclic) bond motifs is 1. The minimum Gasteiger partial charge on any atom is -0.477 e. The summed E-state index contributed by atoms with van der Waals surface area (Å²) in [5.41, 5.74) is -0.238. The highest BCUT2D eigenvalue weighted by molar-refractivity contribution is 5.94. The zero-order chi connectivity index (χ0) is 13.1. The van der Waals surface area contributed by atoms with Gasteiger partial charge in [0.15, 0.2) is 12.3 Å². The van der Waals surface area contributed by atoms with Gasteiger partial charge in [0.05, 0.1) is 0 Å². The number of hydrogen-bond acceptors (Lipinski definition) is 3. The van der Waals surface area contributed by atoms with E-state index in [2.05, 4.69) is 4.98 Å². The Labute approximate surface area is 101 Å². The number of aromatic carboxylic acids is 1. The van der Waals surface area contributed by atoms with Crippen molar-refractivity contribution in [1.82, 2.24) is 4.98 Å². The smallest absolute Gasteiger partial charge is 0.354 e. The Kier molecular flexibility index (Phi) is 3.36. The van der Waals surface area contributed by atoms with Crippen molar-refractivity contribution in [2.45, 2.75) is 6.43 Å². The van der Waals surface area contributed by atoms with E-state index in [0.29, 0.717) is 10.8 Å². The standard InChI is InChI=1S/C12H9F2NO3/c13-10(14)6-18-11-8-4-2-1-3-7(8)5-9(15-11)12(16)17/h1-5,10H,6H2,(H,16,17). The molecule has 0 saturated heterocycles. The maximum Gasteiger partial charge on any atom is 0.354 e. The van der Waals surface area contributed by atoms with Crippen LogP contribution in [0.3, 0.4) is 0 Å². The molecule has 1 N–H and O–H groups in total. The van der Waals surface area contributed by atoms with Gasteiger partial charge in [0.1, 0.15) is 0 Å². The number of hydrogen-bond donors (Lipinski definition) is 1. The van der Waals surface area contributed by atoms with Gasteiger partial charge in [0.2, 0.25) is 5.88 Å². The van der Waals surface area contributed by atoms with E-state index in [-0.39, 0.29) is 11.6 Å². The number of carbonyl (C=O) groups is 1. The molecule has 2 aromatic rings. The molecular weight excluding hydrogens is 244 g/mol. The van der Waals surface area contributed by atoms with Gasteiger partial charge >= 0.3 is 5.97 Å². The Hall–Kier alpha value is -2.24. The summed E-state index contributed by atoms with van der Waals surface area (Å²) in [6.07, 6.45) is -2.64. The number of nitrogens with zero attached hydrogens (tertiary/aromatic N) is 1. The summed E-state index contributed by atoms with van der Waals surface area (Å²) in [5.74, 6) is -1.33. The van der Waals surface area contributed by atoms with Crippen LogP contribution in [0.25, 0.3) is 10.8 Å². The number of alkyl halides is 2. The molecule has 0 bridgehead atoms. The summed E-state index contributed by atoms with van der Waals surface area (Å²) in [4.78, 5) is 14.6. The molecule has 0 saturated carbocycles. The Morgan fingerprint density at radius 3 is 2.78 bits per heavy atom. The Bertz CT molecular complexity index is 587. The van der Waals surface area contributed by atoms with Crippen molar-refractivity contribution in [3.8, 4) is 5.88 Å². The second-order valence-electron chi connectivity index (χ2n) is 3.54. The Morgan fingerprint density at radius 2 is 2.11 bits per heavy atom. The van der Waals surface area contributed by atoms with Crippen LogP contribution < -0.4 is 4.74 Å². The third kappa shape index (κ3) is 2.53. The fourth-order valence-corrected chi connectivity index (χ4v) is 1.53. The van der Waals surface area contributed by atoms with Crippen LogP contribution in [0.15, 0.2) is 30.3 Å². The van der Waals surface area contributed by atoms with Gasteiger partial charge in [0.25, 0.3) is 6.43 Å². The second kappa shape index (κ2) is 4.95. The first kappa shape index (κ1) is 12.2. The maximum atomic E-state index is 12.1.